The number of benzene rings is 2. The predicted molar refractivity (Wildman–Crippen MR) is 75.8 cm³/mol. The third-order valence-electron chi connectivity index (χ3n) is 2.64. The highest BCUT2D eigenvalue weighted by Crippen LogP contribution is 2.29. The van der Waals surface area contributed by atoms with Crippen molar-refractivity contribution in [2.75, 3.05) is 11.1 Å². The minimum absolute atomic E-state index is 0.155. The number of rotatable bonds is 4. The first kappa shape index (κ1) is 13.3. The summed E-state index contributed by atoms with van der Waals surface area (Å²) in [6, 6.07) is 10.6. The Kier molecular flexibility index (Phi) is 3.52. The quantitative estimate of drug-likeness (QED) is 0.446. The highest BCUT2D eigenvalue weighted by atomic mass is 16.6. The molecule has 5 N–H and O–H groups in total. The lowest BCUT2D eigenvalue weighted by atomic mass is 10.1. The first-order valence-electron chi connectivity index (χ1n) is 5.68. The van der Waals surface area contributed by atoms with E-state index in [1.807, 2.05) is 0 Å². The highest BCUT2D eigenvalue weighted by molar-refractivity contribution is 5.95. The van der Waals surface area contributed by atoms with Crippen LogP contribution in [0.25, 0.3) is 0 Å². The van der Waals surface area contributed by atoms with Crippen LogP contribution in [0, 0.1) is 10.1 Å². The topological polar surface area (TPSA) is 124 Å². The molecular weight excluding hydrogens is 260 g/mol. The molecule has 0 fully saturated rings. The molecule has 7 heteroatoms. The Hall–Kier alpha value is -3.09. The summed E-state index contributed by atoms with van der Waals surface area (Å²) in [7, 11) is 0. The number of anilines is 3. The number of nitro groups is 1. The Balaban J connectivity index is 2.44. The van der Waals surface area contributed by atoms with Crippen molar-refractivity contribution in [3.8, 4) is 0 Å². The fraction of sp³-hybridized carbons (Fsp3) is 0. The zero-order valence-electron chi connectivity index (χ0n) is 10.4. The van der Waals surface area contributed by atoms with Gasteiger partial charge in [-0.1, -0.05) is 6.07 Å². The number of hydrogen-bond donors (Lipinski definition) is 3. The molecule has 2 aromatic rings. The molecule has 0 aromatic heterocycles. The van der Waals surface area contributed by atoms with E-state index < -0.39 is 10.8 Å². The summed E-state index contributed by atoms with van der Waals surface area (Å²) >= 11 is 0. The lowest BCUT2D eigenvalue weighted by Crippen LogP contribution is -2.11. The van der Waals surface area contributed by atoms with Crippen LogP contribution in [0.1, 0.15) is 10.4 Å². The Morgan fingerprint density at radius 1 is 1.20 bits per heavy atom. The molecule has 0 atom stereocenters. The molecule has 2 aromatic carbocycles. The van der Waals surface area contributed by atoms with Gasteiger partial charge in [-0.3, -0.25) is 14.9 Å². The third kappa shape index (κ3) is 2.83. The highest BCUT2D eigenvalue weighted by Gasteiger charge is 2.16. The third-order valence-corrected chi connectivity index (χ3v) is 2.64. The molecule has 0 saturated heterocycles. The van der Waals surface area contributed by atoms with Crippen molar-refractivity contribution in [3.63, 3.8) is 0 Å². The standard InChI is InChI=1S/C13H12N4O3/c14-9-2-1-3-10(7-9)16-11-6-8(13(15)18)4-5-12(11)17(19)20/h1-7,16H,14H2,(H2,15,18). The maximum atomic E-state index is 11.1. The summed E-state index contributed by atoms with van der Waals surface area (Å²) in [4.78, 5) is 21.6. The number of nitrogens with two attached hydrogens (primary N) is 2. The largest absolute Gasteiger partial charge is 0.399 e. The van der Waals surface area contributed by atoms with Crippen LogP contribution in [0.4, 0.5) is 22.7 Å². The van der Waals surface area contributed by atoms with Crippen molar-refractivity contribution >= 4 is 28.7 Å². The lowest BCUT2D eigenvalue weighted by Gasteiger charge is -2.08. The van der Waals surface area contributed by atoms with Gasteiger partial charge < -0.3 is 16.8 Å². The van der Waals surface area contributed by atoms with Gasteiger partial charge in [0.1, 0.15) is 5.69 Å². The molecule has 20 heavy (non-hydrogen) atoms. The van der Waals surface area contributed by atoms with Gasteiger partial charge in [-0.2, -0.15) is 0 Å². The lowest BCUT2D eigenvalue weighted by molar-refractivity contribution is -0.383. The minimum atomic E-state index is -0.657. The van der Waals surface area contributed by atoms with E-state index in [1.54, 1.807) is 24.3 Å². The minimum Gasteiger partial charge on any atom is -0.399 e. The van der Waals surface area contributed by atoms with Crippen LogP contribution in [-0.4, -0.2) is 10.8 Å². The fourth-order valence-corrected chi connectivity index (χ4v) is 1.72. The average molecular weight is 272 g/mol. The van der Waals surface area contributed by atoms with Gasteiger partial charge in [0.25, 0.3) is 5.69 Å². The molecule has 102 valence electrons. The molecule has 0 bridgehead atoms. The van der Waals surface area contributed by atoms with E-state index in [-0.39, 0.29) is 16.9 Å². The van der Waals surface area contributed by atoms with E-state index in [0.29, 0.717) is 11.4 Å². The molecule has 0 aliphatic rings. The van der Waals surface area contributed by atoms with Crippen molar-refractivity contribution in [2.24, 2.45) is 5.73 Å². The number of primary amides is 1. The van der Waals surface area contributed by atoms with Gasteiger partial charge in [0.15, 0.2) is 0 Å². The monoisotopic (exact) mass is 272 g/mol. The Morgan fingerprint density at radius 3 is 2.55 bits per heavy atom. The smallest absolute Gasteiger partial charge is 0.292 e. The van der Waals surface area contributed by atoms with Crippen LogP contribution >= 0.6 is 0 Å². The number of hydrogen-bond acceptors (Lipinski definition) is 5. The SMILES string of the molecule is NC(=O)c1ccc([N+](=O)[O-])c(Nc2cccc(N)c2)c1. The number of nitrogens with one attached hydrogen (secondary N) is 1. The van der Waals surface area contributed by atoms with E-state index in [9.17, 15) is 14.9 Å². The molecule has 0 aliphatic heterocycles. The molecule has 0 unspecified atom stereocenters. The van der Waals surface area contributed by atoms with Crippen LogP contribution in [0.3, 0.4) is 0 Å². The molecule has 2 rings (SSSR count). The van der Waals surface area contributed by atoms with Crippen LogP contribution < -0.4 is 16.8 Å². The summed E-state index contributed by atoms with van der Waals surface area (Å²) in [5.74, 6) is -0.657. The van der Waals surface area contributed by atoms with Gasteiger partial charge in [-0.25, -0.2) is 0 Å². The van der Waals surface area contributed by atoms with E-state index >= 15 is 0 Å². The Morgan fingerprint density at radius 2 is 1.95 bits per heavy atom. The summed E-state index contributed by atoms with van der Waals surface area (Å²) in [6.45, 7) is 0. The maximum Gasteiger partial charge on any atom is 0.292 e. The molecule has 0 radical (unpaired) electrons. The second-order valence-electron chi connectivity index (χ2n) is 4.10. The zero-order chi connectivity index (χ0) is 14.7. The first-order chi connectivity index (χ1) is 9.47. The van der Waals surface area contributed by atoms with Crippen LogP contribution in [0.5, 0.6) is 0 Å². The summed E-state index contributed by atoms with van der Waals surface area (Å²) in [5.41, 5.74) is 12.1. The average Bonchev–Trinajstić information content (AvgIpc) is 2.38. The first-order valence-corrected chi connectivity index (χ1v) is 5.68. The summed E-state index contributed by atoms with van der Waals surface area (Å²) in [6.07, 6.45) is 0. The number of amides is 1. The Bertz CT molecular complexity index is 685. The van der Waals surface area contributed by atoms with E-state index in [1.165, 1.54) is 18.2 Å². The number of nitro benzene ring substituents is 1. The maximum absolute atomic E-state index is 11.1. The van der Waals surface area contributed by atoms with Crippen molar-refractivity contribution < 1.29 is 9.72 Å². The zero-order valence-corrected chi connectivity index (χ0v) is 10.4. The van der Waals surface area contributed by atoms with Gasteiger partial charge in [-0.15, -0.1) is 0 Å². The normalized spacial score (nSPS) is 10.0. The second-order valence-corrected chi connectivity index (χ2v) is 4.10. The van der Waals surface area contributed by atoms with Crippen molar-refractivity contribution in [3.05, 3.63) is 58.1 Å². The van der Waals surface area contributed by atoms with Gasteiger partial charge in [0.2, 0.25) is 5.91 Å². The van der Waals surface area contributed by atoms with E-state index in [0.717, 1.165) is 0 Å². The summed E-state index contributed by atoms with van der Waals surface area (Å²) in [5, 5.41) is 13.8. The molecule has 0 heterocycles. The molecule has 0 saturated carbocycles. The van der Waals surface area contributed by atoms with Crippen LogP contribution in [-0.2, 0) is 0 Å². The second kappa shape index (κ2) is 5.27. The van der Waals surface area contributed by atoms with E-state index in [2.05, 4.69) is 5.32 Å². The number of nitrogens with zero attached hydrogens (tertiary/aromatic N) is 1. The van der Waals surface area contributed by atoms with Gasteiger partial charge >= 0.3 is 0 Å². The van der Waals surface area contributed by atoms with Crippen molar-refractivity contribution in [1.29, 1.82) is 0 Å². The van der Waals surface area contributed by atoms with Gasteiger partial charge in [0, 0.05) is 23.0 Å². The van der Waals surface area contributed by atoms with Crippen molar-refractivity contribution in [1.82, 2.24) is 0 Å². The van der Waals surface area contributed by atoms with Gasteiger partial charge in [-0.05, 0) is 30.3 Å². The van der Waals surface area contributed by atoms with Crippen LogP contribution in [0.15, 0.2) is 42.5 Å². The van der Waals surface area contributed by atoms with Crippen molar-refractivity contribution in [2.45, 2.75) is 0 Å². The van der Waals surface area contributed by atoms with E-state index in [4.69, 9.17) is 11.5 Å². The fourth-order valence-electron chi connectivity index (χ4n) is 1.72. The number of carbonyl (C=O) groups is 1. The predicted octanol–water partition coefficient (Wildman–Crippen LogP) is 2.02. The van der Waals surface area contributed by atoms with Crippen LogP contribution in [0.2, 0.25) is 0 Å². The molecule has 7 nitrogen and oxygen atoms in total. The summed E-state index contributed by atoms with van der Waals surface area (Å²) < 4.78 is 0. The molecule has 0 spiro atoms. The molecule has 0 aliphatic carbocycles. The molecular formula is C13H12N4O3. The molecule has 1 amide bonds. The number of nitrogen functional groups attached to an aromatic ring is 1. The Labute approximate surface area is 114 Å². The number of carbonyl (C=O) groups excluding carboxylic acids is 1. The van der Waals surface area contributed by atoms with Gasteiger partial charge in [0.05, 0.1) is 4.92 Å².